The molecule has 2 heterocycles. The quantitative estimate of drug-likeness (QED) is 0.497. The van der Waals surface area contributed by atoms with Gasteiger partial charge in [0.1, 0.15) is 0 Å². The molecular weight excluding hydrogens is 302 g/mol. The zero-order chi connectivity index (χ0) is 16.4. The lowest BCUT2D eigenvalue weighted by atomic mass is 9.93. The summed E-state index contributed by atoms with van der Waals surface area (Å²) >= 11 is 0. The van der Waals surface area contributed by atoms with Gasteiger partial charge in [0.25, 0.3) is 0 Å². The van der Waals surface area contributed by atoms with Crippen molar-refractivity contribution >= 4 is 17.5 Å². The largest absolute Gasteiger partial charge is 0.465 e. The number of nitrogens with one attached hydrogen (secondary N) is 2. The van der Waals surface area contributed by atoms with Crippen LogP contribution in [0.25, 0.3) is 0 Å². The summed E-state index contributed by atoms with van der Waals surface area (Å²) in [5.74, 6) is -0.507. The maximum Gasteiger partial charge on any atom is 0.339 e. The van der Waals surface area contributed by atoms with Crippen molar-refractivity contribution in [2.75, 3.05) is 12.4 Å². The van der Waals surface area contributed by atoms with Crippen molar-refractivity contribution in [2.45, 2.75) is 25.3 Å². The predicted octanol–water partition coefficient (Wildman–Crippen LogP) is 1.47. The van der Waals surface area contributed by atoms with Gasteiger partial charge in [-0.2, -0.15) is 5.10 Å². The number of ether oxygens (including phenoxy) is 1. The van der Waals surface area contributed by atoms with Crippen molar-refractivity contribution < 1.29 is 14.5 Å². The summed E-state index contributed by atoms with van der Waals surface area (Å²) in [6.07, 6.45) is 5.38. The maximum atomic E-state index is 11.5. The topological polar surface area (TPSA) is 123 Å². The Labute approximate surface area is 131 Å². The molecule has 0 spiro atoms. The highest BCUT2D eigenvalue weighted by molar-refractivity contribution is 5.90. The van der Waals surface area contributed by atoms with Gasteiger partial charge in [-0.3, -0.25) is 15.2 Å². The van der Waals surface area contributed by atoms with E-state index in [0.29, 0.717) is 6.42 Å². The minimum absolute atomic E-state index is 0.0234. The molecule has 0 radical (unpaired) electrons. The fraction of sp³-hybridized carbons (Fsp3) is 0.357. The number of H-pyrrole nitrogens is 1. The molecule has 1 aliphatic carbocycles. The highest BCUT2D eigenvalue weighted by Crippen LogP contribution is 2.27. The van der Waals surface area contributed by atoms with Crippen LogP contribution in [0.5, 0.6) is 0 Å². The molecule has 3 rings (SSSR count). The lowest BCUT2D eigenvalue weighted by molar-refractivity contribution is -0.384. The van der Waals surface area contributed by atoms with Crippen molar-refractivity contribution in [3.05, 3.63) is 45.4 Å². The van der Waals surface area contributed by atoms with Crippen LogP contribution in [-0.2, 0) is 17.6 Å². The molecule has 0 bridgehead atoms. The van der Waals surface area contributed by atoms with E-state index in [1.165, 1.54) is 19.4 Å². The smallest absolute Gasteiger partial charge is 0.339 e. The van der Waals surface area contributed by atoms with Crippen molar-refractivity contribution in [1.82, 2.24) is 15.2 Å². The third-order valence-corrected chi connectivity index (χ3v) is 3.84. The number of aromatic nitrogens is 3. The molecule has 2 N–H and O–H groups in total. The summed E-state index contributed by atoms with van der Waals surface area (Å²) in [5.41, 5.74) is 2.01. The van der Waals surface area contributed by atoms with E-state index in [1.807, 2.05) is 0 Å². The summed E-state index contributed by atoms with van der Waals surface area (Å²) in [6, 6.07) is 1.20. The highest BCUT2D eigenvalue weighted by atomic mass is 16.6. The second kappa shape index (κ2) is 6.03. The number of carbonyl (C=O) groups excluding carboxylic acids is 1. The minimum Gasteiger partial charge on any atom is -0.465 e. The lowest BCUT2D eigenvalue weighted by Gasteiger charge is -2.23. The number of methoxy groups -OCH3 is 1. The molecule has 2 aromatic rings. The van der Waals surface area contributed by atoms with Gasteiger partial charge >= 0.3 is 11.7 Å². The number of aryl methyl sites for hydroxylation is 1. The molecule has 0 aliphatic heterocycles. The molecule has 1 atom stereocenters. The summed E-state index contributed by atoms with van der Waals surface area (Å²) < 4.78 is 4.56. The van der Waals surface area contributed by atoms with E-state index in [2.05, 4.69) is 25.2 Å². The van der Waals surface area contributed by atoms with Gasteiger partial charge in [-0.15, -0.1) is 0 Å². The first-order valence-electron chi connectivity index (χ1n) is 7.09. The van der Waals surface area contributed by atoms with Gasteiger partial charge in [0.05, 0.1) is 23.8 Å². The van der Waals surface area contributed by atoms with Crippen LogP contribution in [0.15, 0.2) is 18.5 Å². The molecule has 23 heavy (non-hydrogen) atoms. The first-order chi connectivity index (χ1) is 11.1. The van der Waals surface area contributed by atoms with E-state index in [-0.39, 0.29) is 23.1 Å². The van der Waals surface area contributed by atoms with Crippen LogP contribution in [0.1, 0.15) is 28.0 Å². The summed E-state index contributed by atoms with van der Waals surface area (Å²) in [5, 5.41) is 21.3. The molecule has 1 aliphatic rings. The van der Waals surface area contributed by atoms with Crippen LogP contribution in [0.2, 0.25) is 0 Å². The van der Waals surface area contributed by atoms with Crippen molar-refractivity contribution in [3.8, 4) is 0 Å². The van der Waals surface area contributed by atoms with Gasteiger partial charge < -0.3 is 10.1 Å². The van der Waals surface area contributed by atoms with Crippen LogP contribution in [0.3, 0.4) is 0 Å². The number of aromatic amines is 1. The monoisotopic (exact) mass is 317 g/mol. The fourth-order valence-corrected chi connectivity index (χ4v) is 2.67. The molecule has 1 unspecified atom stereocenters. The Balaban J connectivity index is 1.82. The van der Waals surface area contributed by atoms with Crippen LogP contribution in [-0.4, -0.2) is 39.2 Å². The van der Waals surface area contributed by atoms with E-state index in [0.717, 1.165) is 24.1 Å². The Bertz CT molecular complexity index is 757. The van der Waals surface area contributed by atoms with Gasteiger partial charge in [0.15, 0.2) is 0 Å². The third kappa shape index (κ3) is 2.98. The van der Waals surface area contributed by atoms with E-state index < -0.39 is 10.9 Å². The van der Waals surface area contributed by atoms with E-state index in [1.54, 1.807) is 6.20 Å². The van der Waals surface area contributed by atoms with E-state index in [4.69, 9.17) is 0 Å². The number of hydrogen-bond acceptors (Lipinski definition) is 7. The Morgan fingerprint density at radius 3 is 3.09 bits per heavy atom. The van der Waals surface area contributed by atoms with Crippen LogP contribution >= 0.6 is 0 Å². The molecule has 9 heteroatoms. The van der Waals surface area contributed by atoms with Gasteiger partial charge in [0.2, 0.25) is 5.82 Å². The molecule has 0 aromatic carbocycles. The van der Waals surface area contributed by atoms with Gasteiger partial charge in [0, 0.05) is 24.0 Å². The Morgan fingerprint density at radius 2 is 2.35 bits per heavy atom. The number of nitrogens with zero attached hydrogens (tertiary/aromatic N) is 3. The average Bonchev–Trinajstić information content (AvgIpc) is 3.02. The Hall–Kier alpha value is -2.97. The highest BCUT2D eigenvalue weighted by Gasteiger charge is 2.25. The molecule has 0 saturated carbocycles. The lowest BCUT2D eigenvalue weighted by Crippen LogP contribution is -2.27. The second-order valence-electron chi connectivity index (χ2n) is 5.30. The van der Waals surface area contributed by atoms with Gasteiger partial charge in [-0.1, -0.05) is 0 Å². The first-order valence-corrected chi connectivity index (χ1v) is 7.09. The van der Waals surface area contributed by atoms with Crippen LogP contribution in [0, 0.1) is 10.1 Å². The molecule has 0 saturated heterocycles. The standard InChI is InChI=1S/C14H15N5O4/c1-23-14(20)9-5-12(19(21)22)13(15-6-9)17-10-2-3-11-8(4-10)7-16-18-11/h5-7,10H,2-4H2,1H3,(H,15,17)(H,16,18). The predicted molar refractivity (Wildman–Crippen MR) is 80.3 cm³/mol. The van der Waals surface area contributed by atoms with Crippen LogP contribution < -0.4 is 5.32 Å². The van der Waals surface area contributed by atoms with Gasteiger partial charge in [-0.25, -0.2) is 9.78 Å². The molecule has 0 amide bonds. The zero-order valence-corrected chi connectivity index (χ0v) is 12.4. The third-order valence-electron chi connectivity index (χ3n) is 3.84. The number of fused-ring (bicyclic) bond motifs is 1. The molecule has 9 nitrogen and oxygen atoms in total. The maximum absolute atomic E-state index is 11.5. The number of nitro groups is 1. The van der Waals surface area contributed by atoms with Crippen molar-refractivity contribution in [3.63, 3.8) is 0 Å². The number of anilines is 1. The normalized spacial score (nSPS) is 16.5. The van der Waals surface area contributed by atoms with E-state index >= 15 is 0 Å². The SMILES string of the molecule is COC(=O)c1cnc(NC2CCc3[nH]ncc3C2)c([N+](=O)[O-])c1. The molecular formula is C14H15N5O4. The molecule has 120 valence electrons. The number of esters is 1. The Morgan fingerprint density at radius 1 is 1.52 bits per heavy atom. The second-order valence-corrected chi connectivity index (χ2v) is 5.30. The van der Waals surface area contributed by atoms with E-state index in [9.17, 15) is 14.9 Å². The van der Waals surface area contributed by atoms with Gasteiger partial charge in [-0.05, 0) is 24.8 Å². The van der Waals surface area contributed by atoms with Crippen molar-refractivity contribution in [1.29, 1.82) is 0 Å². The number of carbonyl (C=O) groups is 1. The Kier molecular flexibility index (Phi) is 3.92. The fourth-order valence-electron chi connectivity index (χ4n) is 2.67. The first kappa shape index (κ1) is 14.9. The average molecular weight is 317 g/mol. The van der Waals surface area contributed by atoms with Crippen LogP contribution in [0.4, 0.5) is 11.5 Å². The van der Waals surface area contributed by atoms with Crippen molar-refractivity contribution in [2.24, 2.45) is 0 Å². The summed E-state index contributed by atoms with van der Waals surface area (Å²) in [6.45, 7) is 0. The number of pyridine rings is 1. The molecule has 0 fully saturated rings. The summed E-state index contributed by atoms with van der Waals surface area (Å²) in [7, 11) is 1.21. The number of hydrogen-bond donors (Lipinski definition) is 2. The zero-order valence-electron chi connectivity index (χ0n) is 12.4. The minimum atomic E-state index is -0.659. The summed E-state index contributed by atoms with van der Waals surface area (Å²) in [4.78, 5) is 26.2. The molecule has 2 aromatic heterocycles. The number of rotatable bonds is 4.